The molecule has 1 aromatic heterocycles. The minimum atomic E-state index is -3.80. The van der Waals surface area contributed by atoms with Crippen LogP contribution in [0.4, 0.5) is 11.5 Å². The summed E-state index contributed by atoms with van der Waals surface area (Å²) in [6, 6.07) is 19.7. The third kappa shape index (κ3) is 7.48. The molecule has 0 atom stereocenters. The zero-order valence-corrected chi connectivity index (χ0v) is 25.0. The lowest BCUT2D eigenvalue weighted by molar-refractivity contribution is -0.123. The van der Waals surface area contributed by atoms with Gasteiger partial charge in [0.2, 0.25) is 5.91 Å². The number of carbonyl (C=O) groups is 1. The maximum Gasteiger partial charge on any atom is 0.296 e. The number of pyridine rings is 1. The fourth-order valence-electron chi connectivity index (χ4n) is 5.79. The molecule has 42 heavy (non-hydrogen) atoms. The SMILES string of the molecule is Cc1ccc(S(=O)(=O)OCC2CCC(C(=O)N(CCN3CCN(c4ccccc4O)CC3)c3ccccn3)CC2)cc1. The van der Waals surface area contributed by atoms with Crippen molar-refractivity contribution in [3.05, 3.63) is 78.5 Å². The van der Waals surface area contributed by atoms with Crippen LogP contribution in [0.5, 0.6) is 5.75 Å². The Labute approximate surface area is 248 Å². The summed E-state index contributed by atoms with van der Waals surface area (Å²) in [6.45, 7) is 6.62. The van der Waals surface area contributed by atoms with Crippen molar-refractivity contribution >= 4 is 27.5 Å². The maximum atomic E-state index is 13.8. The largest absolute Gasteiger partial charge is 0.506 e. The van der Waals surface area contributed by atoms with Gasteiger partial charge in [0.25, 0.3) is 10.1 Å². The normalized spacial score (nSPS) is 19.9. The van der Waals surface area contributed by atoms with E-state index < -0.39 is 10.1 Å². The number of hydrogen-bond donors (Lipinski definition) is 1. The number of phenols is 1. The van der Waals surface area contributed by atoms with Gasteiger partial charge in [0, 0.05) is 51.4 Å². The lowest BCUT2D eigenvalue weighted by Gasteiger charge is -2.37. The van der Waals surface area contributed by atoms with Crippen molar-refractivity contribution in [2.45, 2.75) is 37.5 Å². The van der Waals surface area contributed by atoms with Crippen LogP contribution < -0.4 is 9.80 Å². The van der Waals surface area contributed by atoms with E-state index in [4.69, 9.17) is 4.18 Å². The molecule has 1 saturated heterocycles. The fourth-order valence-corrected chi connectivity index (χ4v) is 6.77. The van der Waals surface area contributed by atoms with Crippen molar-refractivity contribution in [1.82, 2.24) is 9.88 Å². The van der Waals surface area contributed by atoms with Crippen LogP contribution in [0, 0.1) is 18.8 Å². The molecule has 3 aromatic rings. The number of phenolic OH excluding ortho intramolecular Hbond substituents is 1. The summed E-state index contributed by atoms with van der Waals surface area (Å²) in [7, 11) is -3.80. The number of piperazine rings is 1. The van der Waals surface area contributed by atoms with Gasteiger partial charge in [0.15, 0.2) is 0 Å². The lowest BCUT2D eigenvalue weighted by atomic mass is 9.81. The molecule has 0 bridgehead atoms. The number of para-hydroxylation sites is 2. The summed E-state index contributed by atoms with van der Waals surface area (Å²) in [5.41, 5.74) is 1.85. The number of amides is 1. The zero-order valence-electron chi connectivity index (χ0n) is 24.1. The predicted molar refractivity (Wildman–Crippen MR) is 163 cm³/mol. The maximum absolute atomic E-state index is 13.8. The van der Waals surface area contributed by atoms with Gasteiger partial charge < -0.3 is 10.0 Å². The van der Waals surface area contributed by atoms with Gasteiger partial charge in [0.05, 0.1) is 17.2 Å². The van der Waals surface area contributed by atoms with Crippen molar-refractivity contribution in [1.29, 1.82) is 0 Å². The van der Waals surface area contributed by atoms with E-state index in [-0.39, 0.29) is 29.2 Å². The summed E-state index contributed by atoms with van der Waals surface area (Å²) in [5.74, 6) is 0.998. The van der Waals surface area contributed by atoms with Gasteiger partial charge in [-0.3, -0.25) is 18.8 Å². The van der Waals surface area contributed by atoms with E-state index in [2.05, 4.69) is 14.8 Å². The van der Waals surface area contributed by atoms with Crippen LogP contribution in [0.25, 0.3) is 0 Å². The first-order valence-corrected chi connectivity index (χ1v) is 16.1. The summed E-state index contributed by atoms with van der Waals surface area (Å²) in [4.78, 5) is 24.8. The second-order valence-corrected chi connectivity index (χ2v) is 12.9. The van der Waals surface area contributed by atoms with Crippen LogP contribution in [0.15, 0.2) is 77.8 Å². The van der Waals surface area contributed by atoms with E-state index >= 15 is 0 Å². The predicted octanol–water partition coefficient (Wildman–Crippen LogP) is 4.46. The molecular weight excluding hydrogens is 552 g/mol. The minimum absolute atomic E-state index is 0.0770. The van der Waals surface area contributed by atoms with Crippen molar-refractivity contribution in [3.63, 3.8) is 0 Å². The van der Waals surface area contributed by atoms with Gasteiger partial charge in [-0.25, -0.2) is 4.98 Å². The topological polar surface area (TPSA) is 103 Å². The third-order valence-electron chi connectivity index (χ3n) is 8.39. The Morgan fingerprint density at radius 1 is 0.952 bits per heavy atom. The van der Waals surface area contributed by atoms with Crippen molar-refractivity contribution < 1.29 is 22.5 Å². The molecule has 2 aromatic carbocycles. The van der Waals surface area contributed by atoms with E-state index in [1.807, 2.05) is 48.2 Å². The van der Waals surface area contributed by atoms with Crippen molar-refractivity contribution in [3.8, 4) is 5.75 Å². The second-order valence-electron chi connectivity index (χ2n) is 11.3. The van der Waals surface area contributed by atoms with Crippen LogP contribution in [0.2, 0.25) is 0 Å². The number of benzene rings is 2. The zero-order chi connectivity index (χ0) is 29.5. The molecule has 2 fully saturated rings. The van der Waals surface area contributed by atoms with Gasteiger partial charge in [-0.2, -0.15) is 8.42 Å². The first-order valence-electron chi connectivity index (χ1n) is 14.7. The van der Waals surface area contributed by atoms with E-state index in [1.54, 1.807) is 36.5 Å². The minimum Gasteiger partial charge on any atom is -0.506 e. The van der Waals surface area contributed by atoms with Gasteiger partial charge in [-0.05, 0) is 74.9 Å². The van der Waals surface area contributed by atoms with E-state index in [0.29, 0.717) is 31.0 Å². The molecule has 1 saturated carbocycles. The Bertz CT molecular complexity index is 1420. The first-order chi connectivity index (χ1) is 20.3. The van der Waals surface area contributed by atoms with Crippen molar-refractivity contribution in [2.75, 3.05) is 55.7 Å². The molecule has 0 spiro atoms. The van der Waals surface area contributed by atoms with E-state index in [0.717, 1.165) is 56.8 Å². The highest BCUT2D eigenvalue weighted by Crippen LogP contribution is 2.32. The Morgan fingerprint density at radius 2 is 1.64 bits per heavy atom. The summed E-state index contributed by atoms with van der Waals surface area (Å²) < 4.78 is 30.6. The molecule has 1 aliphatic carbocycles. The number of aromatic hydroxyl groups is 1. The Hall–Kier alpha value is -3.47. The lowest BCUT2D eigenvalue weighted by Crippen LogP contribution is -2.50. The monoisotopic (exact) mass is 592 g/mol. The first kappa shape index (κ1) is 30.0. The van der Waals surface area contributed by atoms with Gasteiger partial charge in [-0.1, -0.05) is 35.9 Å². The molecule has 0 unspecified atom stereocenters. The highest BCUT2D eigenvalue weighted by Gasteiger charge is 2.32. The number of anilines is 2. The molecular formula is C32H40N4O5S. The molecule has 0 radical (unpaired) electrons. The highest BCUT2D eigenvalue weighted by atomic mass is 32.2. The van der Waals surface area contributed by atoms with Crippen molar-refractivity contribution in [2.24, 2.45) is 11.8 Å². The third-order valence-corrected chi connectivity index (χ3v) is 9.69. The molecule has 2 aliphatic rings. The average molecular weight is 593 g/mol. The summed E-state index contributed by atoms with van der Waals surface area (Å²) >= 11 is 0. The molecule has 1 amide bonds. The van der Waals surface area contributed by atoms with Crippen LogP contribution in [-0.4, -0.2) is 75.2 Å². The smallest absolute Gasteiger partial charge is 0.296 e. The standard InChI is InChI=1S/C32H40N4O5S/c1-25-9-15-28(16-10-25)42(39,40)41-24-26-11-13-27(14-12-26)32(38)36(31-8-4-5-17-33-31)23-20-34-18-21-35(22-19-34)29-6-2-3-7-30(29)37/h2-10,15-17,26-27,37H,11-14,18-24H2,1H3. The number of rotatable bonds is 10. The van der Waals surface area contributed by atoms with Gasteiger partial charge in [-0.15, -0.1) is 0 Å². The highest BCUT2D eigenvalue weighted by molar-refractivity contribution is 7.86. The Morgan fingerprint density at radius 3 is 2.31 bits per heavy atom. The number of nitrogens with zero attached hydrogens (tertiary/aromatic N) is 4. The molecule has 9 nitrogen and oxygen atoms in total. The average Bonchev–Trinajstić information content (AvgIpc) is 3.02. The molecule has 5 rings (SSSR count). The summed E-state index contributed by atoms with van der Waals surface area (Å²) in [6.07, 6.45) is 4.58. The number of hydrogen-bond acceptors (Lipinski definition) is 8. The Balaban J connectivity index is 1.13. The number of aromatic nitrogens is 1. The molecule has 224 valence electrons. The van der Waals surface area contributed by atoms with Crippen LogP contribution in [0.3, 0.4) is 0 Å². The Kier molecular flexibility index (Phi) is 9.76. The molecule has 2 heterocycles. The van der Waals surface area contributed by atoms with E-state index in [1.165, 1.54) is 0 Å². The van der Waals surface area contributed by atoms with Crippen LogP contribution in [-0.2, 0) is 19.1 Å². The number of carbonyl (C=O) groups excluding carboxylic acids is 1. The summed E-state index contributed by atoms with van der Waals surface area (Å²) in [5, 5.41) is 10.2. The molecule has 1 aliphatic heterocycles. The van der Waals surface area contributed by atoms with Gasteiger partial charge >= 0.3 is 0 Å². The van der Waals surface area contributed by atoms with E-state index in [9.17, 15) is 18.3 Å². The fraction of sp³-hybridized carbons (Fsp3) is 0.438. The van der Waals surface area contributed by atoms with Crippen LogP contribution >= 0.6 is 0 Å². The molecule has 1 N–H and O–H groups in total. The van der Waals surface area contributed by atoms with Crippen LogP contribution in [0.1, 0.15) is 31.2 Å². The quantitative estimate of drug-likeness (QED) is 0.344. The second kappa shape index (κ2) is 13.7. The number of aryl methyl sites for hydroxylation is 1. The van der Waals surface area contributed by atoms with Gasteiger partial charge in [0.1, 0.15) is 11.6 Å². The molecule has 10 heteroatoms.